The first-order chi connectivity index (χ1) is 8.45. The van der Waals surface area contributed by atoms with Gasteiger partial charge in [-0.3, -0.25) is 4.84 Å². The highest BCUT2D eigenvalue weighted by Gasteiger charge is 2.36. The maximum absolute atomic E-state index is 12.9. The van der Waals surface area contributed by atoms with Crippen molar-refractivity contribution >= 4 is 11.8 Å². The predicted molar refractivity (Wildman–Crippen MR) is 62.1 cm³/mol. The molecule has 0 fully saturated rings. The molecule has 0 radical (unpaired) electrons. The molecule has 0 atom stereocenters. The molecule has 1 heterocycles. The van der Waals surface area contributed by atoms with E-state index in [0.717, 1.165) is 11.6 Å². The minimum atomic E-state index is -4.34. The summed E-state index contributed by atoms with van der Waals surface area (Å²) in [7, 11) is 1.46. The normalized spacial score (nSPS) is 14.7. The molecule has 96 valence electrons. The summed E-state index contributed by atoms with van der Waals surface area (Å²) in [6.07, 6.45) is -0.579. The number of aryl methyl sites for hydroxylation is 1. The summed E-state index contributed by atoms with van der Waals surface area (Å²) in [5.41, 5.74) is 0.996. The second kappa shape index (κ2) is 4.48. The molecule has 0 aliphatic carbocycles. The average Bonchev–Trinajstić information content (AvgIpc) is 2.26. The van der Waals surface area contributed by atoms with Crippen molar-refractivity contribution in [3.8, 4) is 0 Å². The number of nitrogens with zero attached hydrogens (tertiary/aromatic N) is 1. The van der Waals surface area contributed by atoms with Crippen LogP contribution in [0.2, 0.25) is 0 Å². The lowest BCUT2D eigenvalue weighted by atomic mass is 9.95. The fourth-order valence-electron chi connectivity index (χ4n) is 1.80. The van der Waals surface area contributed by atoms with E-state index in [2.05, 4.69) is 0 Å². The highest BCUT2D eigenvalue weighted by Crippen LogP contribution is 2.36. The average molecular weight is 256 g/mol. The molecular weight excluding hydrogens is 243 g/mol. The number of hydroxylamine groups is 1. The molecular formula is C13H13F3NO+. The predicted octanol–water partition coefficient (Wildman–Crippen LogP) is 3.27. The van der Waals surface area contributed by atoms with Crippen LogP contribution < -0.4 is 0 Å². The number of halogens is 3. The maximum Gasteiger partial charge on any atom is 0.417 e. The van der Waals surface area contributed by atoms with Crippen LogP contribution in [0.5, 0.6) is 0 Å². The molecule has 0 unspecified atom stereocenters. The van der Waals surface area contributed by atoms with Gasteiger partial charge in [0.15, 0.2) is 0 Å². The lowest BCUT2D eigenvalue weighted by molar-refractivity contribution is -0.733. The van der Waals surface area contributed by atoms with Gasteiger partial charge in [0.1, 0.15) is 12.7 Å². The Morgan fingerprint density at radius 1 is 1.28 bits per heavy atom. The van der Waals surface area contributed by atoms with Crippen molar-refractivity contribution in [2.75, 3.05) is 7.11 Å². The van der Waals surface area contributed by atoms with E-state index in [1.165, 1.54) is 30.3 Å². The Balaban J connectivity index is 2.44. The Morgan fingerprint density at radius 2 is 1.94 bits per heavy atom. The van der Waals surface area contributed by atoms with E-state index in [0.29, 0.717) is 12.0 Å². The molecule has 0 saturated heterocycles. The van der Waals surface area contributed by atoms with Crippen molar-refractivity contribution < 1.29 is 22.7 Å². The number of hydrogen-bond donors (Lipinski definition) is 0. The van der Waals surface area contributed by atoms with Crippen molar-refractivity contribution in [2.45, 2.75) is 19.5 Å². The minimum Gasteiger partial charge on any atom is -0.275 e. The van der Waals surface area contributed by atoms with Crippen LogP contribution in [0.3, 0.4) is 0 Å². The van der Waals surface area contributed by atoms with Gasteiger partial charge in [0.25, 0.3) is 0 Å². The second-order valence-electron chi connectivity index (χ2n) is 3.99. The largest absolute Gasteiger partial charge is 0.417 e. The molecule has 1 aromatic rings. The van der Waals surface area contributed by atoms with Crippen molar-refractivity contribution in [3.63, 3.8) is 0 Å². The fraction of sp³-hybridized carbons (Fsp3) is 0.308. The molecule has 0 amide bonds. The SMILES string of the molecule is CCc1ccc(C(F)(F)F)c(C2=C[N+](OC)=C2)c1. The first-order valence-electron chi connectivity index (χ1n) is 5.55. The zero-order valence-electron chi connectivity index (χ0n) is 10.1. The van der Waals surface area contributed by atoms with Gasteiger partial charge in [-0.05, 0) is 18.1 Å². The highest BCUT2D eigenvalue weighted by atomic mass is 19.4. The zero-order chi connectivity index (χ0) is 13.3. The zero-order valence-corrected chi connectivity index (χ0v) is 10.1. The summed E-state index contributed by atoms with van der Waals surface area (Å²) >= 11 is 0. The van der Waals surface area contributed by atoms with E-state index < -0.39 is 11.7 Å². The maximum atomic E-state index is 12.9. The quantitative estimate of drug-likeness (QED) is 0.756. The van der Waals surface area contributed by atoms with Gasteiger partial charge in [0.2, 0.25) is 12.4 Å². The second-order valence-corrected chi connectivity index (χ2v) is 3.99. The molecule has 1 aliphatic rings. The Kier molecular flexibility index (Phi) is 3.15. The smallest absolute Gasteiger partial charge is 0.275 e. The molecule has 2 nitrogen and oxygen atoms in total. The lowest BCUT2D eigenvalue weighted by Crippen LogP contribution is -2.18. The monoisotopic (exact) mass is 256 g/mol. The molecule has 5 heteroatoms. The highest BCUT2D eigenvalue weighted by molar-refractivity contribution is 6.10. The van der Waals surface area contributed by atoms with Crippen LogP contribution in [0, 0.1) is 0 Å². The number of hydrogen-bond acceptors (Lipinski definition) is 1. The van der Waals surface area contributed by atoms with Crippen molar-refractivity contribution in [1.82, 2.24) is 0 Å². The first-order valence-corrected chi connectivity index (χ1v) is 5.55. The van der Waals surface area contributed by atoms with Crippen LogP contribution in [0.4, 0.5) is 13.2 Å². The van der Waals surface area contributed by atoms with Crippen LogP contribution in [0.1, 0.15) is 23.6 Å². The van der Waals surface area contributed by atoms with E-state index in [-0.39, 0.29) is 5.56 Å². The third-order valence-corrected chi connectivity index (χ3v) is 2.85. The van der Waals surface area contributed by atoms with Gasteiger partial charge < -0.3 is 0 Å². The summed E-state index contributed by atoms with van der Waals surface area (Å²) in [6, 6.07) is 4.23. The van der Waals surface area contributed by atoms with Gasteiger partial charge in [-0.25, -0.2) is 0 Å². The van der Waals surface area contributed by atoms with Crippen LogP contribution >= 0.6 is 0 Å². The summed E-state index contributed by atoms with van der Waals surface area (Å²) in [5.74, 6) is 0. The number of benzene rings is 1. The molecule has 1 aliphatic heterocycles. The Bertz CT molecular complexity index is 530. The molecule has 2 rings (SSSR count). The van der Waals surface area contributed by atoms with Gasteiger partial charge in [0.05, 0.1) is 5.56 Å². The van der Waals surface area contributed by atoms with E-state index in [9.17, 15) is 13.2 Å². The van der Waals surface area contributed by atoms with Crippen molar-refractivity contribution in [3.05, 3.63) is 41.1 Å². The molecule has 0 bridgehead atoms. The summed E-state index contributed by atoms with van der Waals surface area (Å²) in [4.78, 5) is 4.84. The van der Waals surface area contributed by atoms with Gasteiger partial charge >= 0.3 is 6.18 Å². The van der Waals surface area contributed by atoms with Crippen molar-refractivity contribution in [2.24, 2.45) is 0 Å². The molecule has 18 heavy (non-hydrogen) atoms. The van der Waals surface area contributed by atoms with E-state index >= 15 is 0 Å². The van der Waals surface area contributed by atoms with Gasteiger partial charge in [0, 0.05) is 10.3 Å². The van der Waals surface area contributed by atoms with E-state index in [1.54, 1.807) is 6.07 Å². The number of rotatable bonds is 3. The van der Waals surface area contributed by atoms with E-state index in [4.69, 9.17) is 4.84 Å². The summed E-state index contributed by atoms with van der Waals surface area (Å²) in [6.45, 7) is 1.91. The third kappa shape index (κ3) is 2.25. The number of alkyl halides is 3. The Hall–Kier alpha value is -1.78. The first kappa shape index (κ1) is 12.7. The van der Waals surface area contributed by atoms with Gasteiger partial charge in [-0.1, -0.05) is 19.1 Å². The standard InChI is InChI=1S/C13H13F3NO/c1-3-9-4-5-12(13(14,15)16)11(6-9)10-7-17(8-10)18-2/h4-8H,3H2,1-2H3/q+1. The molecule has 0 spiro atoms. The molecule has 1 aromatic carbocycles. The van der Waals surface area contributed by atoms with Crippen molar-refractivity contribution in [1.29, 1.82) is 0 Å². The fourth-order valence-corrected chi connectivity index (χ4v) is 1.80. The van der Waals surface area contributed by atoms with Crippen LogP contribution in [0.25, 0.3) is 5.57 Å². The minimum absolute atomic E-state index is 0.204. The Labute approximate surface area is 103 Å². The van der Waals surface area contributed by atoms with Gasteiger partial charge in [-0.2, -0.15) is 13.2 Å². The van der Waals surface area contributed by atoms with Gasteiger partial charge in [-0.15, -0.1) is 0 Å². The Morgan fingerprint density at radius 3 is 2.44 bits per heavy atom. The molecule has 0 aromatic heterocycles. The lowest BCUT2D eigenvalue weighted by Gasteiger charge is -2.15. The number of allylic oxidation sites excluding steroid dienone is 1. The van der Waals surface area contributed by atoms with Crippen LogP contribution in [0.15, 0.2) is 24.4 Å². The van der Waals surface area contributed by atoms with Crippen LogP contribution in [-0.4, -0.2) is 18.1 Å². The topological polar surface area (TPSA) is 12.2 Å². The molecule has 0 saturated carbocycles. The third-order valence-electron chi connectivity index (χ3n) is 2.85. The summed E-state index contributed by atoms with van der Waals surface area (Å²) < 4.78 is 40.1. The van der Waals surface area contributed by atoms with E-state index in [1.807, 2.05) is 6.92 Å². The van der Waals surface area contributed by atoms with Crippen LogP contribution in [-0.2, 0) is 17.4 Å². The summed E-state index contributed by atoms with van der Waals surface area (Å²) in [5, 5.41) is 0. The molecule has 0 N–H and O–H groups in total.